The fourth-order valence-corrected chi connectivity index (χ4v) is 3.95. The second kappa shape index (κ2) is 5.90. The minimum absolute atomic E-state index is 0.0326. The summed E-state index contributed by atoms with van der Waals surface area (Å²) in [6, 6.07) is -0.267. The molecule has 7 heteroatoms. The first kappa shape index (κ1) is 14.3. The van der Waals surface area contributed by atoms with E-state index < -0.39 is 9.84 Å². The van der Waals surface area contributed by atoms with Crippen molar-refractivity contribution in [1.82, 2.24) is 10.2 Å². The second-order valence-corrected chi connectivity index (χ2v) is 7.45. The Morgan fingerprint density at radius 1 is 1.42 bits per heavy atom. The van der Waals surface area contributed by atoms with Crippen LogP contribution in [0.5, 0.6) is 0 Å². The summed E-state index contributed by atoms with van der Waals surface area (Å²) >= 11 is 0. The van der Waals surface area contributed by atoms with Crippen LogP contribution in [0.3, 0.4) is 0 Å². The first-order chi connectivity index (χ1) is 8.96. The van der Waals surface area contributed by atoms with Crippen LogP contribution in [0.1, 0.15) is 19.3 Å². The molecule has 0 aromatic rings. The minimum Gasteiger partial charge on any atom is -0.338 e. The van der Waals surface area contributed by atoms with E-state index in [0.29, 0.717) is 32.4 Å². The SMILES string of the molecule is O=C(NCC1CCS(=O)(=O)CC1)N1CCC=C(F)C1. The summed E-state index contributed by atoms with van der Waals surface area (Å²) in [7, 11) is -2.86. The summed E-state index contributed by atoms with van der Waals surface area (Å²) in [6.45, 7) is 1.03. The van der Waals surface area contributed by atoms with Gasteiger partial charge in [-0.3, -0.25) is 0 Å². The van der Waals surface area contributed by atoms with Crippen molar-refractivity contribution in [2.75, 3.05) is 31.1 Å². The maximum Gasteiger partial charge on any atom is 0.317 e. The highest BCUT2D eigenvalue weighted by atomic mass is 32.2. The lowest BCUT2D eigenvalue weighted by atomic mass is 10.0. The van der Waals surface area contributed by atoms with Crippen LogP contribution in [0.2, 0.25) is 0 Å². The van der Waals surface area contributed by atoms with Gasteiger partial charge in [0.15, 0.2) is 0 Å². The molecule has 0 aromatic heterocycles. The van der Waals surface area contributed by atoms with Crippen molar-refractivity contribution in [2.45, 2.75) is 19.3 Å². The Bertz CT molecular complexity index is 461. The van der Waals surface area contributed by atoms with Crippen molar-refractivity contribution in [1.29, 1.82) is 0 Å². The van der Waals surface area contributed by atoms with E-state index in [0.717, 1.165) is 0 Å². The van der Waals surface area contributed by atoms with Crippen LogP contribution < -0.4 is 5.32 Å². The lowest BCUT2D eigenvalue weighted by Crippen LogP contribution is -2.44. The number of nitrogens with zero attached hydrogens (tertiary/aromatic N) is 1. The van der Waals surface area contributed by atoms with Gasteiger partial charge in [-0.2, -0.15) is 0 Å². The average Bonchev–Trinajstić information content (AvgIpc) is 2.37. The number of sulfone groups is 1. The average molecular weight is 290 g/mol. The molecule has 0 radical (unpaired) electrons. The molecule has 1 fully saturated rings. The van der Waals surface area contributed by atoms with Gasteiger partial charge in [-0.05, 0) is 31.3 Å². The zero-order valence-corrected chi connectivity index (χ0v) is 11.6. The molecule has 19 heavy (non-hydrogen) atoms. The predicted octanol–water partition coefficient (Wildman–Crippen LogP) is 1.08. The van der Waals surface area contributed by atoms with Crippen LogP contribution in [0.15, 0.2) is 11.9 Å². The standard InChI is InChI=1S/C12H19FN2O3S/c13-11-2-1-5-15(9-11)12(16)14-8-10-3-6-19(17,18)7-4-10/h2,10H,1,3-9H2,(H,14,16). The molecule has 0 atom stereocenters. The van der Waals surface area contributed by atoms with E-state index in [-0.39, 0.29) is 35.8 Å². The molecular formula is C12H19FN2O3S. The molecule has 2 amide bonds. The molecule has 0 aromatic carbocycles. The van der Waals surface area contributed by atoms with Crippen molar-refractivity contribution in [3.63, 3.8) is 0 Å². The molecule has 0 aliphatic carbocycles. The topological polar surface area (TPSA) is 66.5 Å². The monoisotopic (exact) mass is 290 g/mol. The molecule has 2 aliphatic heterocycles. The van der Waals surface area contributed by atoms with Crippen molar-refractivity contribution >= 4 is 15.9 Å². The molecule has 0 unspecified atom stereocenters. The largest absolute Gasteiger partial charge is 0.338 e. The van der Waals surface area contributed by atoms with E-state index in [1.165, 1.54) is 11.0 Å². The Kier molecular flexibility index (Phi) is 4.44. The number of nitrogens with one attached hydrogen (secondary N) is 1. The van der Waals surface area contributed by atoms with Crippen LogP contribution >= 0.6 is 0 Å². The van der Waals surface area contributed by atoms with E-state index >= 15 is 0 Å². The Morgan fingerprint density at radius 3 is 2.74 bits per heavy atom. The second-order valence-electron chi connectivity index (χ2n) is 5.14. The highest BCUT2D eigenvalue weighted by molar-refractivity contribution is 7.91. The van der Waals surface area contributed by atoms with Gasteiger partial charge in [0.25, 0.3) is 0 Å². The minimum atomic E-state index is -2.86. The Morgan fingerprint density at radius 2 is 2.11 bits per heavy atom. The van der Waals surface area contributed by atoms with Crippen molar-refractivity contribution < 1.29 is 17.6 Å². The van der Waals surface area contributed by atoms with Gasteiger partial charge in [-0.25, -0.2) is 17.6 Å². The Hall–Kier alpha value is -1.11. The number of halogens is 1. The van der Waals surface area contributed by atoms with Crippen LogP contribution in [-0.2, 0) is 9.84 Å². The van der Waals surface area contributed by atoms with E-state index in [1.54, 1.807) is 0 Å². The summed E-state index contributed by atoms with van der Waals surface area (Å²) < 4.78 is 35.6. The molecule has 2 heterocycles. The third-order valence-electron chi connectivity index (χ3n) is 3.61. The number of rotatable bonds is 2. The fraction of sp³-hybridized carbons (Fsp3) is 0.750. The number of carbonyl (C=O) groups excluding carboxylic acids is 1. The fourth-order valence-electron chi connectivity index (χ4n) is 2.36. The highest BCUT2D eigenvalue weighted by Crippen LogP contribution is 2.18. The normalized spacial score (nSPS) is 23.8. The molecule has 2 rings (SSSR count). The van der Waals surface area contributed by atoms with Gasteiger partial charge >= 0.3 is 6.03 Å². The summed E-state index contributed by atoms with van der Waals surface area (Å²) in [6.07, 6.45) is 3.23. The molecule has 2 aliphatic rings. The molecule has 1 N–H and O–H groups in total. The maximum atomic E-state index is 13.0. The smallest absolute Gasteiger partial charge is 0.317 e. The summed E-state index contributed by atoms with van der Waals surface area (Å²) in [4.78, 5) is 13.3. The van der Waals surface area contributed by atoms with Gasteiger partial charge in [0.1, 0.15) is 15.7 Å². The van der Waals surface area contributed by atoms with Crippen LogP contribution in [0.25, 0.3) is 0 Å². The van der Waals surface area contributed by atoms with Crippen LogP contribution in [0.4, 0.5) is 9.18 Å². The molecule has 0 spiro atoms. The maximum absolute atomic E-state index is 13.0. The van der Waals surface area contributed by atoms with Gasteiger partial charge in [0.2, 0.25) is 0 Å². The van der Waals surface area contributed by atoms with Gasteiger partial charge in [-0.15, -0.1) is 0 Å². The van der Waals surface area contributed by atoms with Gasteiger partial charge in [0.05, 0.1) is 18.1 Å². The Balaban J connectivity index is 1.74. The number of carbonyl (C=O) groups is 1. The summed E-state index contributed by atoms with van der Waals surface area (Å²) in [5.74, 6) is 0.339. The predicted molar refractivity (Wildman–Crippen MR) is 70.2 cm³/mol. The quantitative estimate of drug-likeness (QED) is 0.827. The zero-order chi connectivity index (χ0) is 13.9. The van der Waals surface area contributed by atoms with Crippen molar-refractivity contribution in [2.24, 2.45) is 5.92 Å². The molecule has 108 valence electrons. The first-order valence-corrected chi connectivity index (χ1v) is 8.36. The van der Waals surface area contributed by atoms with Crippen molar-refractivity contribution in [3.8, 4) is 0 Å². The van der Waals surface area contributed by atoms with Gasteiger partial charge in [-0.1, -0.05) is 0 Å². The molecular weight excluding hydrogens is 271 g/mol. The molecule has 1 saturated heterocycles. The number of urea groups is 1. The number of hydrogen-bond donors (Lipinski definition) is 1. The van der Waals surface area contributed by atoms with E-state index in [9.17, 15) is 17.6 Å². The van der Waals surface area contributed by atoms with Crippen LogP contribution in [-0.4, -0.2) is 50.5 Å². The molecule has 5 nitrogen and oxygen atoms in total. The third kappa shape index (κ3) is 4.19. The number of hydrogen-bond acceptors (Lipinski definition) is 3. The Labute approximate surface area is 112 Å². The zero-order valence-electron chi connectivity index (χ0n) is 10.8. The van der Waals surface area contributed by atoms with Gasteiger partial charge < -0.3 is 10.2 Å². The van der Waals surface area contributed by atoms with Gasteiger partial charge in [0, 0.05) is 13.1 Å². The lowest BCUT2D eigenvalue weighted by molar-refractivity contribution is 0.194. The lowest BCUT2D eigenvalue weighted by Gasteiger charge is -2.27. The summed E-state index contributed by atoms with van der Waals surface area (Å²) in [5, 5.41) is 2.77. The molecule has 0 saturated carbocycles. The van der Waals surface area contributed by atoms with Crippen LogP contribution in [0, 0.1) is 5.92 Å². The van der Waals surface area contributed by atoms with E-state index in [2.05, 4.69) is 5.32 Å². The van der Waals surface area contributed by atoms with Crippen molar-refractivity contribution in [3.05, 3.63) is 11.9 Å². The first-order valence-electron chi connectivity index (χ1n) is 6.54. The highest BCUT2D eigenvalue weighted by Gasteiger charge is 2.25. The van der Waals surface area contributed by atoms with E-state index in [1.807, 2.05) is 0 Å². The summed E-state index contributed by atoms with van der Waals surface area (Å²) in [5.41, 5.74) is 0. The third-order valence-corrected chi connectivity index (χ3v) is 5.33. The molecule has 0 bridgehead atoms. The van der Waals surface area contributed by atoms with E-state index in [4.69, 9.17) is 0 Å². The number of amides is 2.